The molecule has 0 saturated carbocycles. The topological polar surface area (TPSA) is 101 Å². The minimum absolute atomic E-state index is 0.0537. The van der Waals surface area contributed by atoms with Gasteiger partial charge in [0.05, 0.1) is 0 Å². The van der Waals surface area contributed by atoms with Gasteiger partial charge >= 0.3 is 0 Å². The number of hydrogen-bond donors (Lipinski definition) is 2. The van der Waals surface area contributed by atoms with Gasteiger partial charge in [0.15, 0.2) is 11.2 Å². The minimum Gasteiger partial charge on any atom is -0.299 e. The van der Waals surface area contributed by atoms with Gasteiger partial charge in [-0.1, -0.05) is 0 Å². The Morgan fingerprint density at radius 2 is 2.14 bits per heavy atom. The van der Waals surface area contributed by atoms with Crippen molar-refractivity contribution in [1.82, 2.24) is 19.9 Å². The summed E-state index contributed by atoms with van der Waals surface area (Å²) >= 11 is 0. The summed E-state index contributed by atoms with van der Waals surface area (Å²) in [6, 6.07) is 0. The van der Waals surface area contributed by atoms with Crippen LogP contribution in [0.2, 0.25) is 0 Å². The van der Waals surface area contributed by atoms with Crippen LogP contribution in [0.4, 0.5) is 5.95 Å². The number of aromatic amines is 1. The molecule has 0 bridgehead atoms. The average Bonchev–Trinajstić information content (AvgIpc) is 2.18. The van der Waals surface area contributed by atoms with Crippen molar-refractivity contribution in [2.24, 2.45) is 0 Å². The SMILES string of the molecule is O=CNc1nc2nccnc2c(=O)[nH]1. The molecule has 0 aliphatic carbocycles. The fraction of sp³-hybridized carbons (Fsp3) is 0. The van der Waals surface area contributed by atoms with E-state index in [-0.39, 0.29) is 17.1 Å². The summed E-state index contributed by atoms with van der Waals surface area (Å²) in [7, 11) is 0. The van der Waals surface area contributed by atoms with E-state index in [1.807, 2.05) is 0 Å². The molecule has 0 atom stereocenters. The van der Waals surface area contributed by atoms with Crippen LogP contribution in [0.3, 0.4) is 0 Å². The predicted molar refractivity (Wildman–Crippen MR) is 47.6 cm³/mol. The molecule has 2 rings (SSSR count). The molecule has 7 nitrogen and oxygen atoms in total. The van der Waals surface area contributed by atoms with E-state index in [4.69, 9.17) is 0 Å². The summed E-state index contributed by atoms with van der Waals surface area (Å²) in [6.07, 6.45) is 3.23. The summed E-state index contributed by atoms with van der Waals surface area (Å²) in [5, 5.41) is 2.23. The highest BCUT2D eigenvalue weighted by molar-refractivity contribution is 5.72. The fourth-order valence-corrected chi connectivity index (χ4v) is 0.997. The number of amides is 1. The molecule has 0 saturated heterocycles. The number of nitrogens with one attached hydrogen (secondary N) is 2. The second-order valence-corrected chi connectivity index (χ2v) is 2.41. The minimum atomic E-state index is -0.438. The predicted octanol–water partition coefficient (Wildman–Crippen LogP) is -0.719. The lowest BCUT2D eigenvalue weighted by atomic mass is 10.5. The maximum Gasteiger partial charge on any atom is 0.280 e. The van der Waals surface area contributed by atoms with Crippen LogP contribution in [-0.2, 0) is 4.79 Å². The van der Waals surface area contributed by atoms with Crippen molar-refractivity contribution in [3.63, 3.8) is 0 Å². The van der Waals surface area contributed by atoms with Gasteiger partial charge in [-0.2, -0.15) is 4.98 Å². The standard InChI is InChI=1S/C7H5N5O2/c13-3-10-7-11-5-4(6(14)12-7)8-1-2-9-5/h1-3H,(H2,9,10,11,12,13,14). The molecule has 0 aliphatic heterocycles. The molecule has 0 unspecified atom stereocenters. The Balaban J connectivity index is 2.72. The van der Waals surface area contributed by atoms with E-state index < -0.39 is 5.56 Å². The normalized spacial score (nSPS) is 10.0. The van der Waals surface area contributed by atoms with Crippen molar-refractivity contribution in [2.45, 2.75) is 0 Å². The molecular weight excluding hydrogens is 186 g/mol. The summed E-state index contributed by atoms with van der Waals surface area (Å²) in [5.74, 6) is 0.0537. The molecular formula is C7H5N5O2. The lowest BCUT2D eigenvalue weighted by molar-refractivity contribution is -0.105. The van der Waals surface area contributed by atoms with Gasteiger partial charge < -0.3 is 0 Å². The molecule has 7 heteroatoms. The third-order valence-corrected chi connectivity index (χ3v) is 1.54. The van der Waals surface area contributed by atoms with Crippen LogP contribution in [0.25, 0.3) is 11.2 Å². The van der Waals surface area contributed by atoms with Gasteiger partial charge in [-0.05, 0) is 0 Å². The molecule has 0 radical (unpaired) electrons. The first kappa shape index (κ1) is 8.30. The molecule has 2 N–H and O–H groups in total. The van der Waals surface area contributed by atoms with Gasteiger partial charge in [0.1, 0.15) is 0 Å². The fourth-order valence-electron chi connectivity index (χ4n) is 0.997. The lowest BCUT2D eigenvalue weighted by Crippen LogP contribution is -2.14. The maximum absolute atomic E-state index is 11.3. The number of rotatable bonds is 2. The number of nitrogens with zero attached hydrogens (tertiary/aromatic N) is 3. The summed E-state index contributed by atoms with van der Waals surface area (Å²) in [6.45, 7) is 0. The molecule has 0 fully saturated rings. The molecule has 1 amide bonds. The Bertz CT molecular complexity index is 535. The number of hydrogen-bond acceptors (Lipinski definition) is 5. The highest BCUT2D eigenvalue weighted by Crippen LogP contribution is 2.00. The van der Waals surface area contributed by atoms with Crippen LogP contribution in [-0.4, -0.2) is 26.3 Å². The van der Waals surface area contributed by atoms with E-state index in [0.29, 0.717) is 6.41 Å². The van der Waals surface area contributed by atoms with E-state index >= 15 is 0 Å². The average molecular weight is 191 g/mol. The quantitative estimate of drug-likeness (QED) is 0.610. The zero-order valence-corrected chi connectivity index (χ0v) is 6.89. The smallest absolute Gasteiger partial charge is 0.280 e. The van der Waals surface area contributed by atoms with E-state index in [2.05, 4.69) is 25.3 Å². The molecule has 2 aromatic heterocycles. The molecule has 0 aromatic carbocycles. The Morgan fingerprint density at radius 3 is 2.93 bits per heavy atom. The van der Waals surface area contributed by atoms with Gasteiger partial charge in [-0.25, -0.2) is 9.97 Å². The first-order valence-electron chi connectivity index (χ1n) is 3.72. The Labute approximate surface area is 77.2 Å². The summed E-state index contributed by atoms with van der Waals surface area (Å²) in [5.41, 5.74) is -0.100. The van der Waals surface area contributed by atoms with Crippen LogP contribution < -0.4 is 10.9 Å². The van der Waals surface area contributed by atoms with Crippen molar-refractivity contribution in [3.05, 3.63) is 22.7 Å². The summed E-state index contributed by atoms with van der Waals surface area (Å²) < 4.78 is 0. The van der Waals surface area contributed by atoms with Crippen molar-refractivity contribution < 1.29 is 4.79 Å². The third kappa shape index (κ3) is 1.30. The van der Waals surface area contributed by atoms with Crippen molar-refractivity contribution in [1.29, 1.82) is 0 Å². The van der Waals surface area contributed by atoms with E-state index in [0.717, 1.165) is 0 Å². The van der Waals surface area contributed by atoms with Crippen LogP contribution >= 0.6 is 0 Å². The van der Waals surface area contributed by atoms with Gasteiger partial charge in [0.25, 0.3) is 5.56 Å². The zero-order chi connectivity index (χ0) is 9.97. The third-order valence-electron chi connectivity index (χ3n) is 1.54. The van der Waals surface area contributed by atoms with Gasteiger partial charge in [0, 0.05) is 12.4 Å². The Kier molecular flexibility index (Phi) is 1.90. The highest BCUT2D eigenvalue weighted by Gasteiger charge is 2.03. The number of aromatic nitrogens is 4. The zero-order valence-electron chi connectivity index (χ0n) is 6.89. The number of carbonyl (C=O) groups excluding carboxylic acids is 1. The van der Waals surface area contributed by atoms with Crippen LogP contribution in [0, 0.1) is 0 Å². The Morgan fingerprint density at radius 1 is 1.36 bits per heavy atom. The number of carbonyl (C=O) groups is 1. The van der Waals surface area contributed by atoms with Crippen molar-refractivity contribution in [3.8, 4) is 0 Å². The number of anilines is 1. The molecule has 2 aromatic rings. The van der Waals surface area contributed by atoms with Crippen LogP contribution in [0.5, 0.6) is 0 Å². The van der Waals surface area contributed by atoms with Crippen molar-refractivity contribution in [2.75, 3.05) is 5.32 Å². The second-order valence-electron chi connectivity index (χ2n) is 2.41. The molecule has 14 heavy (non-hydrogen) atoms. The molecule has 0 aliphatic rings. The largest absolute Gasteiger partial charge is 0.299 e. The van der Waals surface area contributed by atoms with Gasteiger partial charge in [-0.3, -0.25) is 19.9 Å². The van der Waals surface area contributed by atoms with Gasteiger partial charge in [0.2, 0.25) is 12.4 Å². The number of H-pyrrole nitrogens is 1. The van der Waals surface area contributed by atoms with E-state index in [9.17, 15) is 9.59 Å². The van der Waals surface area contributed by atoms with Crippen LogP contribution in [0.1, 0.15) is 0 Å². The van der Waals surface area contributed by atoms with Crippen LogP contribution in [0.15, 0.2) is 17.2 Å². The Hall–Kier alpha value is -2.31. The first-order valence-corrected chi connectivity index (χ1v) is 3.72. The van der Waals surface area contributed by atoms with E-state index in [1.54, 1.807) is 0 Å². The number of fused-ring (bicyclic) bond motifs is 1. The monoisotopic (exact) mass is 191 g/mol. The van der Waals surface area contributed by atoms with E-state index in [1.165, 1.54) is 12.4 Å². The summed E-state index contributed by atoms with van der Waals surface area (Å²) in [4.78, 5) is 35.3. The molecule has 2 heterocycles. The van der Waals surface area contributed by atoms with Gasteiger partial charge in [-0.15, -0.1) is 0 Å². The lowest BCUT2D eigenvalue weighted by Gasteiger charge is -1.97. The maximum atomic E-state index is 11.3. The first-order chi connectivity index (χ1) is 6.81. The molecule has 70 valence electrons. The second kappa shape index (κ2) is 3.21. The molecule has 0 spiro atoms. The highest BCUT2D eigenvalue weighted by atomic mass is 16.1. The van der Waals surface area contributed by atoms with Crippen molar-refractivity contribution >= 4 is 23.5 Å².